The monoisotopic (exact) mass is 168 g/mol. The quantitative estimate of drug-likeness (QED) is 0.697. The molecule has 0 aliphatic heterocycles. The third-order valence-corrected chi connectivity index (χ3v) is 1.48. The van der Waals surface area contributed by atoms with E-state index < -0.39 is 0 Å². The topological polar surface area (TPSA) is 59.5 Å². The lowest BCUT2D eigenvalue weighted by atomic mass is 10.4. The Kier molecular flexibility index (Phi) is 2.50. The second kappa shape index (κ2) is 3.40. The Hall–Kier alpha value is -1.29. The Bertz CT molecular complexity index is 278. The summed E-state index contributed by atoms with van der Waals surface area (Å²) in [5, 5.41) is 0. The molecule has 1 aromatic heterocycles. The van der Waals surface area contributed by atoms with Gasteiger partial charge in [0, 0.05) is 14.1 Å². The number of carbonyl (C=O) groups excluding carboxylic acids is 1. The largest absolute Gasteiger partial charge is 0.455 e. The minimum atomic E-state index is -0.144. The number of furan rings is 1. The third kappa shape index (κ3) is 1.65. The average molecular weight is 168 g/mol. The van der Waals surface area contributed by atoms with Gasteiger partial charge in [-0.1, -0.05) is 0 Å². The van der Waals surface area contributed by atoms with Crippen LogP contribution in [0, 0.1) is 0 Å². The third-order valence-electron chi connectivity index (χ3n) is 1.48. The Morgan fingerprint density at radius 2 is 2.25 bits per heavy atom. The molecule has 0 aliphatic carbocycles. The number of nitrogens with zero attached hydrogens (tertiary/aromatic N) is 1. The lowest BCUT2D eigenvalue weighted by Gasteiger charge is -2.06. The van der Waals surface area contributed by atoms with Crippen LogP contribution in [0.25, 0.3) is 0 Å². The van der Waals surface area contributed by atoms with E-state index in [0.29, 0.717) is 18.1 Å². The van der Waals surface area contributed by atoms with Gasteiger partial charge in [-0.05, 0) is 12.1 Å². The van der Waals surface area contributed by atoms with E-state index in [1.807, 2.05) is 0 Å². The van der Waals surface area contributed by atoms with E-state index >= 15 is 0 Å². The zero-order valence-electron chi connectivity index (χ0n) is 7.20. The van der Waals surface area contributed by atoms with E-state index in [9.17, 15) is 4.79 Å². The predicted octanol–water partition coefficient (Wildman–Crippen LogP) is 0.440. The second-order valence-corrected chi connectivity index (χ2v) is 2.67. The van der Waals surface area contributed by atoms with Crippen LogP contribution >= 0.6 is 0 Å². The highest BCUT2D eigenvalue weighted by atomic mass is 16.4. The smallest absolute Gasteiger partial charge is 0.289 e. The van der Waals surface area contributed by atoms with Crippen LogP contribution in [0.3, 0.4) is 0 Å². The summed E-state index contributed by atoms with van der Waals surface area (Å²) in [6.07, 6.45) is 0. The number of amides is 1. The van der Waals surface area contributed by atoms with Crippen LogP contribution < -0.4 is 5.73 Å². The fraction of sp³-hybridized carbons (Fsp3) is 0.375. The van der Waals surface area contributed by atoms with Crippen molar-refractivity contribution in [3.05, 3.63) is 23.7 Å². The molecule has 1 rings (SSSR count). The minimum Gasteiger partial charge on any atom is -0.455 e. The Morgan fingerprint density at radius 1 is 1.58 bits per heavy atom. The molecule has 0 saturated heterocycles. The van der Waals surface area contributed by atoms with E-state index in [4.69, 9.17) is 10.2 Å². The summed E-state index contributed by atoms with van der Waals surface area (Å²) in [4.78, 5) is 12.7. The Labute approximate surface area is 70.9 Å². The van der Waals surface area contributed by atoms with Crippen molar-refractivity contribution in [1.29, 1.82) is 0 Å². The molecule has 0 aromatic carbocycles. The molecule has 0 spiro atoms. The van der Waals surface area contributed by atoms with Gasteiger partial charge >= 0.3 is 0 Å². The Morgan fingerprint density at radius 3 is 2.67 bits per heavy atom. The molecule has 0 saturated carbocycles. The summed E-state index contributed by atoms with van der Waals surface area (Å²) in [6, 6.07) is 3.33. The zero-order chi connectivity index (χ0) is 9.14. The summed E-state index contributed by atoms with van der Waals surface area (Å²) >= 11 is 0. The van der Waals surface area contributed by atoms with Crippen molar-refractivity contribution in [1.82, 2.24) is 4.90 Å². The van der Waals surface area contributed by atoms with Crippen molar-refractivity contribution in [3.63, 3.8) is 0 Å². The maximum atomic E-state index is 11.3. The highest BCUT2D eigenvalue weighted by Gasteiger charge is 2.11. The van der Waals surface area contributed by atoms with Crippen molar-refractivity contribution >= 4 is 5.91 Å². The highest BCUT2D eigenvalue weighted by molar-refractivity contribution is 5.91. The van der Waals surface area contributed by atoms with Gasteiger partial charge in [0.15, 0.2) is 5.76 Å². The highest BCUT2D eigenvalue weighted by Crippen LogP contribution is 2.08. The van der Waals surface area contributed by atoms with Crippen molar-refractivity contribution in [2.24, 2.45) is 5.73 Å². The van der Waals surface area contributed by atoms with Crippen molar-refractivity contribution in [2.45, 2.75) is 6.54 Å². The van der Waals surface area contributed by atoms with E-state index in [1.165, 1.54) is 4.90 Å². The molecule has 0 atom stereocenters. The molecule has 0 bridgehead atoms. The molecule has 2 N–H and O–H groups in total. The molecule has 1 amide bonds. The van der Waals surface area contributed by atoms with E-state index in [0.717, 1.165) is 0 Å². The minimum absolute atomic E-state index is 0.144. The van der Waals surface area contributed by atoms with Crippen LogP contribution in [-0.4, -0.2) is 24.9 Å². The Balaban J connectivity index is 2.82. The van der Waals surface area contributed by atoms with Gasteiger partial charge in [0.1, 0.15) is 5.76 Å². The average Bonchev–Trinajstić information content (AvgIpc) is 2.50. The molecule has 0 fully saturated rings. The van der Waals surface area contributed by atoms with Gasteiger partial charge in [0.05, 0.1) is 6.54 Å². The van der Waals surface area contributed by atoms with Gasteiger partial charge in [0.25, 0.3) is 5.91 Å². The molecular formula is C8H12N2O2. The first-order valence-corrected chi connectivity index (χ1v) is 3.65. The van der Waals surface area contributed by atoms with E-state index in [1.54, 1.807) is 26.2 Å². The maximum Gasteiger partial charge on any atom is 0.289 e. The van der Waals surface area contributed by atoms with Crippen LogP contribution in [-0.2, 0) is 6.54 Å². The van der Waals surface area contributed by atoms with E-state index in [-0.39, 0.29) is 5.91 Å². The van der Waals surface area contributed by atoms with Gasteiger partial charge in [-0.3, -0.25) is 4.79 Å². The standard InChI is InChI=1S/C8H12N2O2/c1-10(2)8(11)7-4-3-6(5-9)12-7/h3-4H,5,9H2,1-2H3. The van der Waals surface area contributed by atoms with E-state index in [2.05, 4.69) is 0 Å². The molecule has 66 valence electrons. The number of rotatable bonds is 2. The van der Waals surface area contributed by atoms with Gasteiger partial charge in [0.2, 0.25) is 0 Å². The van der Waals surface area contributed by atoms with Crippen LogP contribution in [0.1, 0.15) is 16.3 Å². The fourth-order valence-corrected chi connectivity index (χ4v) is 0.823. The SMILES string of the molecule is CN(C)C(=O)c1ccc(CN)o1. The van der Waals surface area contributed by atoms with Gasteiger partial charge in [-0.15, -0.1) is 0 Å². The number of hydrogen-bond donors (Lipinski definition) is 1. The molecule has 0 aliphatic rings. The lowest BCUT2D eigenvalue weighted by Crippen LogP contribution is -2.20. The first-order valence-electron chi connectivity index (χ1n) is 3.65. The van der Waals surface area contributed by atoms with Gasteiger partial charge < -0.3 is 15.1 Å². The predicted molar refractivity (Wildman–Crippen MR) is 44.6 cm³/mol. The maximum absolute atomic E-state index is 11.3. The molecule has 1 heterocycles. The first kappa shape index (κ1) is 8.80. The molecule has 12 heavy (non-hydrogen) atoms. The second-order valence-electron chi connectivity index (χ2n) is 2.67. The van der Waals surface area contributed by atoms with Crippen molar-refractivity contribution in [2.75, 3.05) is 14.1 Å². The summed E-state index contributed by atoms with van der Waals surface area (Å²) < 4.78 is 5.14. The summed E-state index contributed by atoms with van der Waals surface area (Å²) in [7, 11) is 3.35. The molecule has 1 aromatic rings. The summed E-state index contributed by atoms with van der Waals surface area (Å²) in [6.45, 7) is 0.320. The molecular weight excluding hydrogens is 156 g/mol. The first-order chi connectivity index (χ1) is 5.65. The number of nitrogens with two attached hydrogens (primary N) is 1. The molecule has 4 nitrogen and oxygen atoms in total. The fourth-order valence-electron chi connectivity index (χ4n) is 0.823. The number of carbonyl (C=O) groups is 1. The lowest BCUT2D eigenvalue weighted by molar-refractivity contribution is 0.0795. The normalized spacial score (nSPS) is 9.92. The van der Waals surface area contributed by atoms with Crippen LogP contribution in [0.5, 0.6) is 0 Å². The van der Waals surface area contributed by atoms with Gasteiger partial charge in [-0.25, -0.2) is 0 Å². The number of hydrogen-bond acceptors (Lipinski definition) is 3. The van der Waals surface area contributed by atoms with Gasteiger partial charge in [-0.2, -0.15) is 0 Å². The van der Waals surface area contributed by atoms with Crippen LogP contribution in [0.15, 0.2) is 16.5 Å². The van der Waals surface area contributed by atoms with Crippen LogP contribution in [0.4, 0.5) is 0 Å². The molecule has 0 unspecified atom stereocenters. The van der Waals surface area contributed by atoms with Crippen molar-refractivity contribution < 1.29 is 9.21 Å². The van der Waals surface area contributed by atoms with Crippen molar-refractivity contribution in [3.8, 4) is 0 Å². The van der Waals surface area contributed by atoms with Crippen LogP contribution in [0.2, 0.25) is 0 Å². The zero-order valence-corrected chi connectivity index (χ0v) is 7.20. The summed E-state index contributed by atoms with van der Waals surface area (Å²) in [5.74, 6) is 0.815. The molecule has 0 radical (unpaired) electrons. The summed E-state index contributed by atoms with van der Waals surface area (Å²) in [5.41, 5.74) is 5.32. The molecule has 4 heteroatoms.